The van der Waals surface area contributed by atoms with Gasteiger partial charge in [0.25, 0.3) is 0 Å². The van der Waals surface area contributed by atoms with Crippen LogP contribution >= 0.6 is 0 Å². The summed E-state index contributed by atoms with van der Waals surface area (Å²) in [4.78, 5) is 53.0. The van der Waals surface area contributed by atoms with Crippen LogP contribution in [-0.2, 0) is 11.8 Å². The van der Waals surface area contributed by atoms with Gasteiger partial charge in [0.15, 0.2) is 22.9 Å². The van der Waals surface area contributed by atoms with Gasteiger partial charge in [-0.2, -0.15) is 5.10 Å². The van der Waals surface area contributed by atoms with Gasteiger partial charge in [-0.05, 0) is 30.9 Å². The fraction of sp³-hybridized carbons (Fsp3) is 0.500. The zero-order valence-corrected chi connectivity index (χ0v) is 20.3. The number of hydrogen-bond donors (Lipinski definition) is 0. The maximum absolute atomic E-state index is 13.5. The predicted octanol–water partition coefficient (Wildman–Crippen LogP) is 3.06. The van der Waals surface area contributed by atoms with Crippen molar-refractivity contribution in [3.05, 3.63) is 46.1 Å². The van der Waals surface area contributed by atoms with E-state index in [-0.39, 0.29) is 29.8 Å². The van der Waals surface area contributed by atoms with Gasteiger partial charge in [0.05, 0.1) is 18.9 Å². The number of azide groups is 1. The Hall–Kier alpha value is -4.05. The molecule has 5 rings (SSSR count). The number of aromatic nitrogens is 3. The lowest BCUT2D eigenvalue weighted by molar-refractivity contribution is -0.135. The Labute approximate surface area is 207 Å². The molecule has 0 spiro atoms. The van der Waals surface area contributed by atoms with E-state index in [0.717, 1.165) is 0 Å². The van der Waals surface area contributed by atoms with Crippen molar-refractivity contribution in [2.45, 2.75) is 38.1 Å². The number of hydrogen-bond acceptors (Lipinski definition) is 8. The van der Waals surface area contributed by atoms with Crippen LogP contribution in [0.3, 0.4) is 0 Å². The van der Waals surface area contributed by atoms with Crippen LogP contribution < -0.4 is 4.74 Å². The van der Waals surface area contributed by atoms with Gasteiger partial charge in [0.1, 0.15) is 0 Å². The minimum absolute atomic E-state index is 0.00597. The Morgan fingerprint density at radius 2 is 2.03 bits per heavy atom. The third-order valence-corrected chi connectivity index (χ3v) is 7.75. The highest BCUT2D eigenvalue weighted by Crippen LogP contribution is 2.57. The zero-order valence-electron chi connectivity index (χ0n) is 20.3. The number of likely N-dealkylation sites (tertiary alicyclic amines) is 1. The molecule has 2 aromatic heterocycles. The highest BCUT2D eigenvalue weighted by Gasteiger charge is 2.68. The number of rotatable bonds is 6. The maximum Gasteiger partial charge on any atom is 0.223 e. The summed E-state index contributed by atoms with van der Waals surface area (Å²) in [6.45, 7) is 2.67. The van der Waals surface area contributed by atoms with Gasteiger partial charge in [-0.3, -0.25) is 19.1 Å². The van der Waals surface area contributed by atoms with Crippen molar-refractivity contribution >= 4 is 29.0 Å². The molecule has 36 heavy (non-hydrogen) atoms. The maximum atomic E-state index is 13.5. The van der Waals surface area contributed by atoms with Crippen molar-refractivity contribution in [1.82, 2.24) is 19.7 Å². The lowest BCUT2D eigenvalue weighted by Crippen LogP contribution is -2.68. The Morgan fingerprint density at radius 1 is 1.28 bits per heavy atom. The van der Waals surface area contributed by atoms with E-state index in [1.54, 1.807) is 31.0 Å². The quantitative estimate of drug-likeness (QED) is 0.262. The molecule has 2 unspecified atom stereocenters. The number of methoxy groups -OCH3 is 1. The minimum Gasteiger partial charge on any atom is -0.481 e. The van der Waals surface area contributed by atoms with Gasteiger partial charge in [0.2, 0.25) is 11.8 Å². The van der Waals surface area contributed by atoms with Gasteiger partial charge < -0.3 is 9.64 Å². The third-order valence-electron chi connectivity index (χ3n) is 7.75. The third kappa shape index (κ3) is 3.40. The first kappa shape index (κ1) is 23.7. The van der Waals surface area contributed by atoms with E-state index < -0.39 is 11.0 Å². The molecule has 1 amide bonds. The molecule has 0 bridgehead atoms. The van der Waals surface area contributed by atoms with Crippen LogP contribution in [0, 0.1) is 11.3 Å². The Balaban J connectivity index is 1.27. The summed E-state index contributed by atoms with van der Waals surface area (Å²) in [7, 11) is 3.21. The van der Waals surface area contributed by atoms with E-state index in [9.17, 15) is 19.9 Å². The Kier molecular flexibility index (Phi) is 5.63. The van der Waals surface area contributed by atoms with E-state index in [4.69, 9.17) is 4.74 Å². The summed E-state index contributed by atoms with van der Waals surface area (Å²) in [5, 5.41) is 8.05. The fourth-order valence-corrected chi connectivity index (χ4v) is 5.64. The number of amides is 1. The highest BCUT2D eigenvalue weighted by atomic mass is 16.5. The van der Waals surface area contributed by atoms with Gasteiger partial charge in [-0.25, -0.2) is 9.98 Å². The monoisotopic (exact) mass is 490 g/mol. The lowest BCUT2D eigenvalue weighted by Gasteiger charge is -2.55. The fourth-order valence-electron chi connectivity index (χ4n) is 5.64. The summed E-state index contributed by atoms with van der Waals surface area (Å²) in [6, 6.07) is 3.36. The number of Topliss-reactive ketones (excluding diaryl/α,β-unsaturated/α-hetero) is 2. The van der Waals surface area contributed by atoms with Gasteiger partial charge in [0, 0.05) is 66.3 Å². The standard InChI is InChI=1S/C24H26N8O4/c1-23(10-17-24(23,29-30-25)21(35)16-13-27-31(2)22(16)28-17)11-19(33)32-8-6-14(7-9-32)20(34)15-4-5-18(36-3)26-12-15/h4-5,12-14H,6-11H2,1-3H3. The average Bonchev–Trinajstić information content (AvgIpc) is 3.26. The summed E-state index contributed by atoms with van der Waals surface area (Å²) in [5.41, 5.74) is 8.17. The number of piperidine rings is 1. The molecule has 1 aliphatic carbocycles. The Bertz CT molecular complexity index is 1330. The van der Waals surface area contributed by atoms with Crippen molar-refractivity contribution < 1.29 is 19.1 Å². The van der Waals surface area contributed by atoms with Crippen LogP contribution in [0.2, 0.25) is 0 Å². The first-order chi connectivity index (χ1) is 17.2. The van der Waals surface area contributed by atoms with Crippen molar-refractivity contribution in [2.24, 2.45) is 28.5 Å². The van der Waals surface area contributed by atoms with Crippen molar-refractivity contribution in [3.8, 4) is 5.88 Å². The highest BCUT2D eigenvalue weighted by molar-refractivity contribution is 6.29. The molecule has 2 atom stereocenters. The van der Waals surface area contributed by atoms with E-state index in [1.165, 1.54) is 24.2 Å². The number of ether oxygens (including phenoxy) is 1. The molecule has 2 aliphatic heterocycles. The van der Waals surface area contributed by atoms with Crippen LogP contribution in [0.4, 0.5) is 5.82 Å². The molecule has 4 heterocycles. The van der Waals surface area contributed by atoms with Gasteiger partial charge >= 0.3 is 0 Å². The number of fused-ring (bicyclic) bond motifs is 2. The first-order valence-electron chi connectivity index (χ1n) is 11.8. The first-order valence-corrected chi connectivity index (χ1v) is 11.8. The number of nitrogens with zero attached hydrogens (tertiary/aromatic N) is 8. The predicted molar refractivity (Wildman–Crippen MR) is 128 cm³/mol. The SMILES string of the molecule is COc1ccc(C(=O)C2CCN(C(=O)CC3(C)CC4=Nc5c(cnn5C)C(=O)C43N=[N+]=[N-])CC2)cn1. The number of carbonyl (C=O) groups is 3. The van der Waals surface area contributed by atoms with E-state index >= 15 is 0 Å². The molecule has 12 heteroatoms. The molecule has 0 N–H and O–H groups in total. The van der Waals surface area contributed by atoms with Crippen LogP contribution in [0.1, 0.15) is 53.3 Å². The molecule has 0 radical (unpaired) electrons. The zero-order chi connectivity index (χ0) is 25.7. The van der Waals surface area contributed by atoms with E-state index in [2.05, 4.69) is 25.1 Å². The van der Waals surface area contributed by atoms with Crippen LogP contribution in [0.25, 0.3) is 10.4 Å². The second-order valence-corrected chi connectivity index (χ2v) is 9.82. The molecule has 0 aromatic carbocycles. The lowest BCUT2D eigenvalue weighted by atomic mass is 9.50. The molecular formula is C24H26N8O4. The van der Waals surface area contributed by atoms with Crippen molar-refractivity contribution in [1.29, 1.82) is 0 Å². The molecule has 186 valence electrons. The van der Waals surface area contributed by atoms with Gasteiger partial charge in [-0.1, -0.05) is 12.0 Å². The molecule has 2 aromatic rings. The van der Waals surface area contributed by atoms with Crippen LogP contribution in [0.5, 0.6) is 5.88 Å². The van der Waals surface area contributed by atoms with E-state index in [0.29, 0.717) is 60.9 Å². The molecule has 2 fully saturated rings. The Morgan fingerprint density at radius 3 is 2.67 bits per heavy atom. The molecule has 12 nitrogen and oxygen atoms in total. The largest absolute Gasteiger partial charge is 0.481 e. The minimum atomic E-state index is -1.52. The number of ketones is 2. The summed E-state index contributed by atoms with van der Waals surface area (Å²) in [5.74, 6) is 0.190. The molecule has 3 aliphatic rings. The summed E-state index contributed by atoms with van der Waals surface area (Å²) in [6.07, 6.45) is 4.42. The summed E-state index contributed by atoms with van der Waals surface area (Å²) < 4.78 is 6.55. The summed E-state index contributed by atoms with van der Waals surface area (Å²) >= 11 is 0. The van der Waals surface area contributed by atoms with Gasteiger partial charge in [-0.15, -0.1) is 0 Å². The number of aliphatic imine (C=N–C) groups is 1. The molecular weight excluding hydrogens is 464 g/mol. The number of carbonyl (C=O) groups excluding carboxylic acids is 3. The molecule has 1 saturated heterocycles. The number of pyridine rings is 1. The van der Waals surface area contributed by atoms with Crippen molar-refractivity contribution in [3.63, 3.8) is 0 Å². The van der Waals surface area contributed by atoms with Crippen molar-refractivity contribution in [2.75, 3.05) is 20.2 Å². The van der Waals surface area contributed by atoms with Crippen LogP contribution in [-0.4, -0.2) is 68.6 Å². The molecule has 1 saturated carbocycles. The van der Waals surface area contributed by atoms with Crippen LogP contribution in [0.15, 0.2) is 34.6 Å². The average molecular weight is 491 g/mol. The second kappa shape index (κ2) is 8.56. The number of aryl methyl sites for hydroxylation is 1. The van der Waals surface area contributed by atoms with E-state index in [1.807, 2.05) is 0 Å². The smallest absolute Gasteiger partial charge is 0.223 e. The topological polar surface area (TPSA) is 156 Å². The second-order valence-electron chi connectivity index (χ2n) is 9.82. The normalized spacial score (nSPS) is 25.1.